The van der Waals surface area contributed by atoms with Gasteiger partial charge in [-0.1, -0.05) is 29.8 Å². The van der Waals surface area contributed by atoms with Crippen LogP contribution in [-0.4, -0.2) is 35.1 Å². The molecule has 144 valence electrons. The van der Waals surface area contributed by atoms with Crippen molar-refractivity contribution in [3.63, 3.8) is 0 Å². The van der Waals surface area contributed by atoms with Crippen molar-refractivity contribution in [2.75, 3.05) is 12.3 Å². The maximum absolute atomic E-state index is 14.1. The fourth-order valence-electron chi connectivity index (χ4n) is 2.47. The Balaban J connectivity index is 2.14. The molecule has 0 aliphatic heterocycles. The molecule has 2 rings (SSSR count). The molecule has 0 saturated heterocycles. The van der Waals surface area contributed by atoms with Crippen molar-refractivity contribution in [3.8, 4) is 0 Å². The molecule has 0 saturated carbocycles. The molecule has 0 heterocycles. The van der Waals surface area contributed by atoms with Crippen molar-refractivity contribution < 1.29 is 14.0 Å². The third-order valence-electron chi connectivity index (χ3n) is 3.99. The molecule has 1 N–H and O–H groups in total. The first kappa shape index (κ1) is 21.3. The number of halogens is 2. The summed E-state index contributed by atoms with van der Waals surface area (Å²) >= 11 is 7.22. The Morgan fingerprint density at radius 3 is 2.48 bits per heavy atom. The van der Waals surface area contributed by atoms with Crippen LogP contribution in [0.1, 0.15) is 19.4 Å². The molecule has 27 heavy (non-hydrogen) atoms. The number of amides is 2. The monoisotopic (exact) mass is 408 g/mol. The third kappa shape index (κ3) is 6.26. The molecule has 0 radical (unpaired) electrons. The summed E-state index contributed by atoms with van der Waals surface area (Å²) in [4.78, 5) is 27.4. The van der Waals surface area contributed by atoms with Gasteiger partial charge < -0.3 is 10.2 Å². The van der Waals surface area contributed by atoms with Crippen LogP contribution in [0.25, 0.3) is 0 Å². The highest BCUT2D eigenvalue weighted by Crippen LogP contribution is 2.22. The lowest BCUT2D eigenvalue weighted by Crippen LogP contribution is -2.48. The van der Waals surface area contributed by atoms with Crippen molar-refractivity contribution >= 4 is 35.2 Å². The van der Waals surface area contributed by atoms with Crippen molar-refractivity contribution in [1.29, 1.82) is 0 Å². The average Bonchev–Trinajstić information content (AvgIpc) is 2.66. The van der Waals surface area contributed by atoms with E-state index in [1.165, 1.54) is 22.7 Å². The second kappa shape index (κ2) is 10.3. The van der Waals surface area contributed by atoms with Gasteiger partial charge >= 0.3 is 0 Å². The van der Waals surface area contributed by atoms with Gasteiger partial charge in [-0.2, -0.15) is 0 Å². The lowest BCUT2D eigenvalue weighted by atomic mass is 10.1. The van der Waals surface area contributed by atoms with Gasteiger partial charge in [0.15, 0.2) is 0 Å². The van der Waals surface area contributed by atoms with Crippen LogP contribution in [0, 0.1) is 5.82 Å². The zero-order valence-corrected chi connectivity index (χ0v) is 16.8. The third-order valence-corrected chi connectivity index (χ3v) is 5.24. The molecular formula is C20H22ClFN2O2S. The van der Waals surface area contributed by atoms with Crippen molar-refractivity contribution in [2.45, 2.75) is 31.3 Å². The van der Waals surface area contributed by atoms with Crippen molar-refractivity contribution in [1.82, 2.24) is 10.2 Å². The number of hydrogen-bond donors (Lipinski definition) is 1. The maximum atomic E-state index is 14.1. The first-order chi connectivity index (χ1) is 12.9. The van der Waals surface area contributed by atoms with E-state index in [0.717, 1.165) is 4.90 Å². The Morgan fingerprint density at radius 2 is 1.85 bits per heavy atom. The smallest absolute Gasteiger partial charge is 0.242 e. The summed E-state index contributed by atoms with van der Waals surface area (Å²) in [5.74, 6) is -0.765. The van der Waals surface area contributed by atoms with Gasteiger partial charge in [0.1, 0.15) is 11.9 Å². The average molecular weight is 409 g/mol. The van der Waals surface area contributed by atoms with Gasteiger partial charge in [0.2, 0.25) is 11.8 Å². The standard InChI is InChI=1S/C20H22ClFN2O2S/c1-3-23-20(26)14(2)24(12-15-6-4-5-7-18(15)22)19(25)13-27-17-10-8-16(21)9-11-17/h4-11,14H,3,12-13H2,1-2H3,(H,23,26)/t14-/m1/s1. The summed E-state index contributed by atoms with van der Waals surface area (Å²) in [6.45, 7) is 3.95. The number of nitrogens with zero attached hydrogens (tertiary/aromatic N) is 1. The van der Waals surface area contributed by atoms with Gasteiger partial charge in [-0.05, 0) is 44.2 Å². The minimum atomic E-state index is -0.706. The minimum absolute atomic E-state index is 0.0327. The largest absolute Gasteiger partial charge is 0.355 e. The topological polar surface area (TPSA) is 49.4 Å². The highest BCUT2D eigenvalue weighted by Gasteiger charge is 2.26. The van der Waals surface area contributed by atoms with Crippen LogP contribution >= 0.6 is 23.4 Å². The summed E-state index contributed by atoms with van der Waals surface area (Å²) in [5, 5.41) is 3.33. The molecule has 2 amide bonds. The number of hydrogen-bond acceptors (Lipinski definition) is 3. The molecule has 0 aliphatic rings. The van der Waals surface area contributed by atoms with E-state index in [9.17, 15) is 14.0 Å². The van der Waals surface area contributed by atoms with Gasteiger partial charge in [-0.25, -0.2) is 4.39 Å². The van der Waals surface area contributed by atoms with Gasteiger partial charge in [-0.15, -0.1) is 11.8 Å². The second-order valence-electron chi connectivity index (χ2n) is 5.93. The normalized spacial score (nSPS) is 11.7. The first-order valence-corrected chi connectivity index (χ1v) is 9.97. The quantitative estimate of drug-likeness (QED) is 0.668. The van der Waals surface area contributed by atoms with E-state index in [4.69, 9.17) is 11.6 Å². The molecular weight excluding hydrogens is 387 g/mol. The summed E-state index contributed by atoms with van der Waals surface area (Å²) in [7, 11) is 0. The number of thioether (sulfide) groups is 1. The molecule has 0 spiro atoms. The Labute approximate surface area is 168 Å². The highest BCUT2D eigenvalue weighted by molar-refractivity contribution is 8.00. The Bertz CT molecular complexity index is 786. The molecule has 0 aromatic heterocycles. The predicted octanol–water partition coefficient (Wildman–Crippen LogP) is 4.12. The van der Waals surface area contributed by atoms with Crippen LogP contribution in [0.3, 0.4) is 0 Å². The summed E-state index contributed by atoms with van der Waals surface area (Å²) in [6.07, 6.45) is 0. The molecule has 0 unspecified atom stereocenters. The molecule has 0 fully saturated rings. The number of carbonyl (C=O) groups is 2. The Kier molecular flexibility index (Phi) is 8.13. The molecule has 2 aromatic carbocycles. The van der Waals surface area contributed by atoms with E-state index in [2.05, 4.69) is 5.32 Å². The summed E-state index contributed by atoms with van der Waals surface area (Å²) in [5.41, 5.74) is 0.374. The minimum Gasteiger partial charge on any atom is -0.355 e. The van der Waals surface area contributed by atoms with Crippen LogP contribution in [0.15, 0.2) is 53.4 Å². The zero-order valence-electron chi connectivity index (χ0n) is 15.2. The Morgan fingerprint density at radius 1 is 1.19 bits per heavy atom. The van der Waals surface area contributed by atoms with E-state index in [1.807, 2.05) is 19.1 Å². The van der Waals surface area contributed by atoms with Crippen LogP contribution in [0.5, 0.6) is 0 Å². The van der Waals surface area contributed by atoms with Gasteiger partial charge in [-0.3, -0.25) is 9.59 Å². The number of benzene rings is 2. The fraction of sp³-hybridized carbons (Fsp3) is 0.300. The van der Waals surface area contributed by atoms with E-state index >= 15 is 0 Å². The Hall–Kier alpha value is -2.05. The zero-order chi connectivity index (χ0) is 19.8. The lowest BCUT2D eigenvalue weighted by Gasteiger charge is -2.28. The van der Waals surface area contributed by atoms with Crippen LogP contribution < -0.4 is 5.32 Å². The maximum Gasteiger partial charge on any atom is 0.242 e. The van der Waals surface area contributed by atoms with Gasteiger partial charge in [0.05, 0.1) is 5.75 Å². The van der Waals surface area contributed by atoms with E-state index in [1.54, 1.807) is 37.3 Å². The summed E-state index contributed by atoms with van der Waals surface area (Å²) in [6, 6.07) is 12.7. The number of rotatable bonds is 8. The molecule has 0 aliphatic carbocycles. The van der Waals surface area contributed by atoms with Crippen molar-refractivity contribution in [3.05, 3.63) is 64.9 Å². The molecule has 7 heteroatoms. The molecule has 0 bridgehead atoms. The number of likely N-dealkylation sites (N-methyl/N-ethyl adjacent to an activating group) is 1. The van der Waals surface area contributed by atoms with Crippen LogP contribution in [0.2, 0.25) is 5.02 Å². The predicted molar refractivity (Wildman–Crippen MR) is 107 cm³/mol. The first-order valence-electron chi connectivity index (χ1n) is 8.61. The summed E-state index contributed by atoms with van der Waals surface area (Å²) < 4.78 is 14.1. The molecule has 4 nitrogen and oxygen atoms in total. The van der Waals surface area contributed by atoms with Crippen molar-refractivity contribution in [2.24, 2.45) is 0 Å². The van der Waals surface area contributed by atoms with Gasteiger partial charge in [0, 0.05) is 28.6 Å². The highest BCUT2D eigenvalue weighted by atomic mass is 35.5. The molecule has 2 aromatic rings. The fourth-order valence-corrected chi connectivity index (χ4v) is 3.38. The van der Waals surface area contributed by atoms with E-state index in [-0.39, 0.29) is 24.1 Å². The van der Waals surface area contributed by atoms with Gasteiger partial charge in [0.25, 0.3) is 0 Å². The molecule has 1 atom stereocenters. The number of nitrogens with one attached hydrogen (secondary N) is 1. The SMILES string of the molecule is CCNC(=O)[C@@H](C)N(Cc1ccccc1F)C(=O)CSc1ccc(Cl)cc1. The van der Waals surface area contributed by atoms with Crippen LogP contribution in [-0.2, 0) is 16.1 Å². The number of carbonyl (C=O) groups excluding carboxylic acids is 2. The lowest BCUT2D eigenvalue weighted by molar-refractivity contribution is -0.138. The van der Waals surface area contributed by atoms with E-state index in [0.29, 0.717) is 17.1 Å². The van der Waals surface area contributed by atoms with Crippen LogP contribution in [0.4, 0.5) is 4.39 Å². The van der Waals surface area contributed by atoms with E-state index < -0.39 is 11.9 Å². The second-order valence-corrected chi connectivity index (χ2v) is 7.41.